The lowest BCUT2D eigenvalue weighted by Crippen LogP contribution is -2.11. The van der Waals surface area contributed by atoms with E-state index in [1.807, 2.05) is 7.05 Å². The van der Waals surface area contributed by atoms with Crippen molar-refractivity contribution in [2.45, 2.75) is 53.2 Å². The summed E-state index contributed by atoms with van der Waals surface area (Å²) in [6.07, 6.45) is 0.224. The zero-order chi connectivity index (χ0) is 13.0. The van der Waals surface area contributed by atoms with Crippen LogP contribution >= 0.6 is 0 Å². The highest BCUT2D eigenvalue weighted by Gasteiger charge is 2.12. The summed E-state index contributed by atoms with van der Waals surface area (Å²) in [4.78, 5) is 0. The highest BCUT2D eigenvalue weighted by Crippen LogP contribution is 2.30. The van der Waals surface area contributed by atoms with Gasteiger partial charge in [-0.2, -0.15) is 0 Å². The molecule has 0 spiro atoms. The summed E-state index contributed by atoms with van der Waals surface area (Å²) in [6.45, 7) is 11.6. The first kappa shape index (κ1) is 14.0. The lowest BCUT2D eigenvalue weighted by molar-refractivity contribution is 0.239. The molecule has 1 rings (SSSR count). The van der Waals surface area contributed by atoms with Gasteiger partial charge >= 0.3 is 0 Å². The van der Waals surface area contributed by atoms with Crippen LogP contribution in [-0.4, -0.2) is 13.2 Å². The second-order valence-electron chi connectivity index (χ2n) is 5.17. The highest BCUT2D eigenvalue weighted by atomic mass is 16.5. The summed E-state index contributed by atoms with van der Waals surface area (Å²) in [5, 5.41) is 3.21. The van der Waals surface area contributed by atoms with Gasteiger partial charge in [-0.05, 0) is 56.5 Å². The monoisotopic (exact) mass is 235 g/mol. The van der Waals surface area contributed by atoms with Crippen LogP contribution in [0.1, 0.15) is 50.3 Å². The molecule has 0 unspecified atom stereocenters. The first-order valence-electron chi connectivity index (χ1n) is 6.40. The van der Waals surface area contributed by atoms with Gasteiger partial charge in [0.15, 0.2) is 0 Å². The van der Waals surface area contributed by atoms with E-state index in [0.29, 0.717) is 5.92 Å². The molecule has 0 amide bonds. The van der Waals surface area contributed by atoms with Crippen LogP contribution in [0, 0.1) is 6.92 Å². The Balaban J connectivity index is 3.15. The standard InChI is InChI=1S/C15H25NO/c1-10(2)14-8-13(9-16-6)12(5)7-15(14)17-11(3)4/h7-8,10-11,16H,9H2,1-6H3. The van der Waals surface area contributed by atoms with Gasteiger partial charge in [0.25, 0.3) is 0 Å². The van der Waals surface area contributed by atoms with Crippen molar-refractivity contribution in [2.24, 2.45) is 0 Å². The maximum absolute atomic E-state index is 5.90. The number of hydrogen-bond donors (Lipinski definition) is 1. The molecule has 0 aliphatic heterocycles. The molecule has 0 saturated heterocycles. The van der Waals surface area contributed by atoms with Gasteiger partial charge in [-0.15, -0.1) is 0 Å². The van der Waals surface area contributed by atoms with E-state index in [1.54, 1.807) is 0 Å². The molecule has 0 saturated carbocycles. The van der Waals surface area contributed by atoms with E-state index in [1.165, 1.54) is 16.7 Å². The second-order valence-corrected chi connectivity index (χ2v) is 5.17. The maximum atomic E-state index is 5.90. The molecule has 0 aliphatic rings. The summed E-state index contributed by atoms with van der Waals surface area (Å²) in [7, 11) is 1.98. The zero-order valence-electron chi connectivity index (χ0n) is 11.9. The molecule has 0 aromatic heterocycles. The summed E-state index contributed by atoms with van der Waals surface area (Å²) in [5.41, 5.74) is 3.95. The molecule has 1 aromatic carbocycles. The molecule has 2 nitrogen and oxygen atoms in total. The fourth-order valence-corrected chi connectivity index (χ4v) is 1.93. The van der Waals surface area contributed by atoms with E-state index in [2.05, 4.69) is 52.1 Å². The molecule has 0 aliphatic carbocycles. The number of hydrogen-bond acceptors (Lipinski definition) is 2. The van der Waals surface area contributed by atoms with Crippen molar-refractivity contribution in [1.29, 1.82) is 0 Å². The van der Waals surface area contributed by atoms with Crippen molar-refractivity contribution < 1.29 is 4.74 Å². The molecule has 96 valence electrons. The molecule has 0 radical (unpaired) electrons. The van der Waals surface area contributed by atoms with Crippen LogP contribution in [0.25, 0.3) is 0 Å². The minimum Gasteiger partial charge on any atom is -0.491 e. The van der Waals surface area contributed by atoms with Crippen LogP contribution in [0.15, 0.2) is 12.1 Å². The number of nitrogens with one attached hydrogen (secondary N) is 1. The summed E-state index contributed by atoms with van der Waals surface area (Å²) < 4.78 is 5.90. The Morgan fingerprint density at radius 3 is 2.29 bits per heavy atom. The molecule has 2 heteroatoms. The van der Waals surface area contributed by atoms with Crippen molar-refractivity contribution in [2.75, 3.05) is 7.05 Å². The Bertz CT molecular complexity index is 369. The van der Waals surface area contributed by atoms with Gasteiger partial charge in [-0.3, -0.25) is 0 Å². The topological polar surface area (TPSA) is 21.3 Å². The average molecular weight is 235 g/mol. The van der Waals surface area contributed by atoms with Gasteiger partial charge in [0.05, 0.1) is 6.10 Å². The van der Waals surface area contributed by atoms with Gasteiger partial charge in [0, 0.05) is 6.54 Å². The number of ether oxygens (including phenoxy) is 1. The largest absolute Gasteiger partial charge is 0.491 e. The second kappa shape index (κ2) is 6.06. The van der Waals surface area contributed by atoms with Gasteiger partial charge < -0.3 is 10.1 Å². The fourth-order valence-electron chi connectivity index (χ4n) is 1.93. The van der Waals surface area contributed by atoms with Crippen LogP contribution in [-0.2, 0) is 6.54 Å². The molecular weight excluding hydrogens is 210 g/mol. The normalized spacial score (nSPS) is 11.3. The quantitative estimate of drug-likeness (QED) is 0.841. The molecule has 17 heavy (non-hydrogen) atoms. The minimum atomic E-state index is 0.224. The van der Waals surface area contributed by atoms with Crippen molar-refractivity contribution >= 4 is 0 Å². The van der Waals surface area contributed by atoms with E-state index in [0.717, 1.165) is 12.3 Å². The van der Waals surface area contributed by atoms with E-state index in [4.69, 9.17) is 4.74 Å². The summed E-state index contributed by atoms with van der Waals surface area (Å²) in [5.74, 6) is 1.52. The van der Waals surface area contributed by atoms with Gasteiger partial charge in [-0.25, -0.2) is 0 Å². The Hall–Kier alpha value is -1.02. The Kier molecular flexibility index (Phi) is 5.01. The molecule has 0 bridgehead atoms. The average Bonchev–Trinajstić information content (AvgIpc) is 2.20. The molecule has 0 atom stereocenters. The number of rotatable bonds is 5. The predicted octanol–water partition coefficient (Wildman–Crippen LogP) is 3.63. The van der Waals surface area contributed by atoms with Crippen LogP contribution in [0.5, 0.6) is 5.75 Å². The van der Waals surface area contributed by atoms with Crippen LogP contribution in [0.3, 0.4) is 0 Å². The van der Waals surface area contributed by atoms with Crippen LogP contribution < -0.4 is 10.1 Å². The Morgan fingerprint density at radius 1 is 1.18 bits per heavy atom. The van der Waals surface area contributed by atoms with Crippen molar-refractivity contribution in [3.63, 3.8) is 0 Å². The maximum Gasteiger partial charge on any atom is 0.123 e. The third-order valence-corrected chi connectivity index (χ3v) is 2.82. The third kappa shape index (κ3) is 3.74. The third-order valence-electron chi connectivity index (χ3n) is 2.82. The van der Waals surface area contributed by atoms with Crippen molar-refractivity contribution in [1.82, 2.24) is 5.32 Å². The van der Waals surface area contributed by atoms with Gasteiger partial charge in [0.2, 0.25) is 0 Å². The van der Waals surface area contributed by atoms with E-state index >= 15 is 0 Å². The fraction of sp³-hybridized carbons (Fsp3) is 0.600. The van der Waals surface area contributed by atoms with Gasteiger partial charge in [-0.1, -0.05) is 19.9 Å². The van der Waals surface area contributed by atoms with E-state index < -0.39 is 0 Å². The summed E-state index contributed by atoms with van der Waals surface area (Å²) >= 11 is 0. The zero-order valence-corrected chi connectivity index (χ0v) is 11.9. The van der Waals surface area contributed by atoms with E-state index in [9.17, 15) is 0 Å². The van der Waals surface area contributed by atoms with Gasteiger partial charge in [0.1, 0.15) is 5.75 Å². The first-order chi connectivity index (χ1) is 7.95. The molecule has 0 fully saturated rings. The molecule has 1 N–H and O–H groups in total. The highest BCUT2D eigenvalue weighted by molar-refractivity contribution is 5.44. The first-order valence-corrected chi connectivity index (χ1v) is 6.40. The predicted molar refractivity (Wildman–Crippen MR) is 73.8 cm³/mol. The molecular formula is C15H25NO. The van der Waals surface area contributed by atoms with Crippen molar-refractivity contribution in [3.8, 4) is 5.75 Å². The Labute approximate surface area is 105 Å². The summed E-state index contributed by atoms with van der Waals surface area (Å²) in [6, 6.07) is 4.44. The Morgan fingerprint density at radius 2 is 1.82 bits per heavy atom. The van der Waals surface area contributed by atoms with Crippen LogP contribution in [0.2, 0.25) is 0 Å². The van der Waals surface area contributed by atoms with Crippen molar-refractivity contribution in [3.05, 3.63) is 28.8 Å². The smallest absolute Gasteiger partial charge is 0.123 e. The van der Waals surface area contributed by atoms with E-state index in [-0.39, 0.29) is 6.10 Å². The molecule has 0 heterocycles. The molecule has 1 aromatic rings. The number of benzene rings is 1. The minimum absolute atomic E-state index is 0.224. The number of aryl methyl sites for hydroxylation is 1. The van der Waals surface area contributed by atoms with Crippen LogP contribution in [0.4, 0.5) is 0 Å². The SMILES string of the molecule is CNCc1cc(C(C)C)c(OC(C)C)cc1C. The lowest BCUT2D eigenvalue weighted by Gasteiger charge is -2.19. The lowest BCUT2D eigenvalue weighted by atomic mass is 9.96.